The first-order valence-corrected chi connectivity index (χ1v) is 6.86. The average Bonchev–Trinajstić information content (AvgIpc) is 1.27. The molecule has 54 valence electrons. The highest BCUT2D eigenvalue weighted by atomic mass is 32.3. The van der Waals surface area contributed by atoms with E-state index >= 15 is 0 Å². The van der Waals surface area contributed by atoms with Gasteiger partial charge in [-0.25, -0.2) is 0 Å². The molecule has 0 aliphatic rings. The maximum atomic E-state index is 2.34. The number of hydrogen-bond acceptors (Lipinski definition) is 1. The lowest BCUT2D eigenvalue weighted by atomic mass is 11.3. The van der Waals surface area contributed by atoms with Crippen molar-refractivity contribution in [2.45, 2.75) is 0 Å². The second-order valence-corrected chi connectivity index (χ2v) is 12.1. The van der Waals surface area contributed by atoms with Crippen LogP contribution in [-0.4, -0.2) is 43.4 Å². The molecule has 0 heterocycles. The Labute approximate surface area is 53.5 Å². The third-order valence-corrected chi connectivity index (χ3v) is 4.80. The van der Waals surface area contributed by atoms with Gasteiger partial charge in [0.1, 0.15) is 0 Å². The molecular weight excluding hydrogens is 118 g/mol. The van der Waals surface area contributed by atoms with Crippen molar-refractivity contribution in [3.8, 4) is 0 Å². The normalized spacial score (nSPS) is 18.1. The minimum Gasteiger partial charge on any atom is -0.290 e. The van der Waals surface area contributed by atoms with E-state index in [4.69, 9.17) is 0 Å². The summed E-state index contributed by atoms with van der Waals surface area (Å²) >= 11 is 0. The lowest BCUT2D eigenvalue weighted by Gasteiger charge is -2.54. The van der Waals surface area contributed by atoms with E-state index in [1.165, 1.54) is 0 Å². The lowest BCUT2D eigenvalue weighted by molar-refractivity contribution is 0.676. The van der Waals surface area contributed by atoms with E-state index in [-0.39, 0.29) is 0 Å². The molecule has 0 aromatic rings. The van der Waals surface area contributed by atoms with E-state index in [0.717, 1.165) is 0 Å². The van der Waals surface area contributed by atoms with Crippen molar-refractivity contribution in [2.75, 3.05) is 39.1 Å². The second kappa shape index (κ2) is 1.64. The molecule has 0 unspecified atom stereocenters. The van der Waals surface area contributed by atoms with Crippen molar-refractivity contribution >= 4 is 9.35 Å². The van der Waals surface area contributed by atoms with Gasteiger partial charge in [-0.05, 0) is 39.1 Å². The van der Waals surface area contributed by atoms with Gasteiger partial charge >= 0.3 is 0 Å². The maximum absolute atomic E-state index is 2.34. The van der Waals surface area contributed by atoms with Gasteiger partial charge in [0.15, 0.2) is 0 Å². The molecule has 2 heteroatoms. The largest absolute Gasteiger partial charge is 0.290 e. The van der Waals surface area contributed by atoms with Gasteiger partial charge in [0.25, 0.3) is 0 Å². The van der Waals surface area contributed by atoms with Crippen LogP contribution in [0.3, 0.4) is 0 Å². The SMILES string of the molecule is CN(C)[SH](C)(C)(C)C. The molecule has 0 aromatic carbocycles. The average molecular weight is 137 g/mol. The fourth-order valence-corrected chi connectivity index (χ4v) is 0. The Bertz CT molecular complexity index is 79.2. The Balaban J connectivity index is 4.14. The van der Waals surface area contributed by atoms with Crippen LogP contribution in [0.15, 0.2) is 0 Å². The molecule has 0 spiro atoms. The first-order chi connectivity index (χ1) is 3.20. The monoisotopic (exact) mass is 137 g/mol. The fourth-order valence-electron chi connectivity index (χ4n) is 0. The van der Waals surface area contributed by atoms with Gasteiger partial charge in [-0.1, -0.05) is 0 Å². The highest BCUT2D eigenvalue weighted by Gasteiger charge is 2.19. The number of rotatable bonds is 1. The standard InChI is InChI=1S/C6H19NS/c1-7(2)8(3,4,5)6/h8H,1-6H3. The van der Waals surface area contributed by atoms with Crippen LogP contribution in [0.1, 0.15) is 0 Å². The Morgan fingerprint density at radius 1 is 0.875 bits per heavy atom. The lowest BCUT2D eigenvalue weighted by Crippen LogP contribution is -2.28. The molecule has 0 N–H and O–H groups in total. The van der Waals surface area contributed by atoms with Gasteiger partial charge in [-0.2, -0.15) is 0 Å². The number of hydrogen-bond donors (Lipinski definition) is 1. The molecule has 0 atom stereocenters. The molecule has 8 heavy (non-hydrogen) atoms. The zero-order valence-corrected chi connectivity index (χ0v) is 7.79. The molecule has 0 aliphatic carbocycles. The summed E-state index contributed by atoms with van der Waals surface area (Å²) in [7, 11) is 2.95. The third kappa shape index (κ3) is 2.58. The maximum Gasteiger partial charge on any atom is -0.00603 e. The van der Waals surface area contributed by atoms with Crippen LogP contribution in [0.2, 0.25) is 0 Å². The zero-order chi connectivity index (χ0) is 7.02. The van der Waals surface area contributed by atoms with Crippen LogP contribution in [0, 0.1) is 0 Å². The van der Waals surface area contributed by atoms with Gasteiger partial charge < -0.3 is 0 Å². The van der Waals surface area contributed by atoms with Crippen LogP contribution in [-0.2, 0) is 0 Å². The van der Waals surface area contributed by atoms with Crippen molar-refractivity contribution in [1.29, 1.82) is 0 Å². The molecule has 0 fully saturated rings. The van der Waals surface area contributed by atoms with Crippen molar-refractivity contribution in [2.24, 2.45) is 0 Å². The predicted octanol–water partition coefficient (Wildman–Crippen LogP) is 1.05. The molecule has 0 amide bonds. The van der Waals surface area contributed by atoms with Crippen LogP contribution in [0.4, 0.5) is 0 Å². The van der Waals surface area contributed by atoms with Crippen molar-refractivity contribution in [1.82, 2.24) is 4.31 Å². The van der Waals surface area contributed by atoms with Gasteiger partial charge in [0.2, 0.25) is 0 Å². The third-order valence-electron chi connectivity index (χ3n) is 1.60. The highest BCUT2D eigenvalue weighted by molar-refractivity contribution is 8.45. The number of nitrogens with zero attached hydrogens (tertiary/aromatic N) is 1. The summed E-state index contributed by atoms with van der Waals surface area (Å²) in [5.41, 5.74) is 0. The van der Waals surface area contributed by atoms with Crippen molar-refractivity contribution < 1.29 is 0 Å². The summed E-state index contributed by atoms with van der Waals surface area (Å²) in [5.74, 6) is 0. The van der Waals surface area contributed by atoms with Gasteiger partial charge in [0.05, 0.1) is 0 Å². The molecule has 0 aromatic heterocycles. The van der Waals surface area contributed by atoms with Gasteiger partial charge in [-0.3, -0.25) is 13.7 Å². The Morgan fingerprint density at radius 2 is 1.00 bits per heavy atom. The molecule has 0 aliphatic heterocycles. The quantitative estimate of drug-likeness (QED) is 0.529. The van der Waals surface area contributed by atoms with Crippen molar-refractivity contribution in [3.63, 3.8) is 0 Å². The second-order valence-electron chi connectivity index (χ2n) is 4.33. The Kier molecular flexibility index (Phi) is 1.71. The minimum atomic E-state index is -1.35. The topological polar surface area (TPSA) is 3.24 Å². The predicted molar refractivity (Wildman–Crippen MR) is 46.4 cm³/mol. The molecule has 0 saturated carbocycles. The summed E-state index contributed by atoms with van der Waals surface area (Å²) in [6, 6.07) is 0. The summed E-state index contributed by atoms with van der Waals surface area (Å²) < 4.78 is 2.34. The zero-order valence-electron chi connectivity index (χ0n) is 6.89. The summed E-state index contributed by atoms with van der Waals surface area (Å²) in [4.78, 5) is 0. The van der Waals surface area contributed by atoms with E-state index in [9.17, 15) is 0 Å². The minimum absolute atomic E-state index is 1.35. The Morgan fingerprint density at radius 3 is 1.00 bits per heavy atom. The van der Waals surface area contributed by atoms with Crippen LogP contribution in [0.25, 0.3) is 0 Å². The molecular formula is C6H19NS. The fraction of sp³-hybridized carbons (Fsp3) is 1.00. The Hall–Kier alpha value is 0.310. The van der Waals surface area contributed by atoms with Crippen LogP contribution < -0.4 is 0 Å². The molecule has 0 bridgehead atoms. The first-order valence-electron chi connectivity index (χ1n) is 2.88. The van der Waals surface area contributed by atoms with E-state index < -0.39 is 9.35 Å². The molecule has 0 rings (SSSR count). The van der Waals surface area contributed by atoms with Crippen LogP contribution >= 0.6 is 9.35 Å². The van der Waals surface area contributed by atoms with E-state index in [2.05, 4.69) is 43.4 Å². The van der Waals surface area contributed by atoms with E-state index in [0.29, 0.717) is 0 Å². The number of thiol groups is 1. The summed E-state index contributed by atoms with van der Waals surface area (Å²) in [6.07, 6.45) is 9.36. The summed E-state index contributed by atoms with van der Waals surface area (Å²) in [6.45, 7) is 0. The first kappa shape index (κ1) is 8.31. The molecule has 1 nitrogen and oxygen atoms in total. The van der Waals surface area contributed by atoms with Crippen LogP contribution in [0.5, 0.6) is 0 Å². The van der Waals surface area contributed by atoms with E-state index in [1.807, 2.05) is 0 Å². The van der Waals surface area contributed by atoms with E-state index in [1.54, 1.807) is 0 Å². The molecule has 0 saturated heterocycles. The summed E-state index contributed by atoms with van der Waals surface area (Å²) in [5, 5.41) is 0. The van der Waals surface area contributed by atoms with Gasteiger partial charge in [-0.15, -0.1) is 0 Å². The van der Waals surface area contributed by atoms with Gasteiger partial charge in [0, 0.05) is 0 Å². The molecule has 0 radical (unpaired) electrons. The smallest absolute Gasteiger partial charge is 0.00603 e. The highest BCUT2D eigenvalue weighted by Crippen LogP contribution is 2.56. The van der Waals surface area contributed by atoms with Crippen molar-refractivity contribution in [3.05, 3.63) is 0 Å².